The van der Waals surface area contributed by atoms with Gasteiger partial charge in [0.15, 0.2) is 0 Å². The molecule has 1 amide bonds. The van der Waals surface area contributed by atoms with Crippen molar-refractivity contribution in [3.8, 4) is 5.75 Å². The molecule has 0 radical (unpaired) electrons. The van der Waals surface area contributed by atoms with Gasteiger partial charge >= 0.3 is 94.4 Å². The molecule has 0 aromatic heterocycles. The Kier molecular flexibility index (Phi) is 8.77. The van der Waals surface area contributed by atoms with Crippen molar-refractivity contribution in [1.29, 1.82) is 0 Å². The van der Waals surface area contributed by atoms with Crippen molar-refractivity contribution in [3.05, 3.63) is 54.1 Å². The molecule has 2 aromatic carbocycles. The molecule has 0 spiro atoms. The number of anilines is 1. The van der Waals surface area contributed by atoms with Crippen molar-refractivity contribution in [2.45, 2.75) is 19.8 Å². The Balaban J connectivity index is 0.000000277. The van der Waals surface area contributed by atoms with Gasteiger partial charge in [-0.15, -0.1) is 0 Å². The fourth-order valence-corrected chi connectivity index (χ4v) is 3.65. The van der Waals surface area contributed by atoms with E-state index in [-0.39, 0.29) is 28.1 Å². The van der Waals surface area contributed by atoms with E-state index < -0.39 is 20.1 Å². The van der Waals surface area contributed by atoms with Gasteiger partial charge in [-0.1, -0.05) is 12.1 Å². The number of carbonyl (C=O) groups excluding carboxylic acids is 1. The molecule has 1 atom stereocenters. The standard InChI is InChI=1S/C9H10O3.C8H10AsNO5/c10-8-4-1-7(2-5-8)3-6-9(11)12;1-6(11)10-8-5-3-2-4-7(8)9(12,13)15-14/h1-2,4-5,10H,3,6H2,(H,11,12);2-5,14H,1H3,(H,10,11)(H,12,13). The topological polar surface area (TPSA) is 153 Å². The number of carboxylic acid groups (broad SMARTS) is 1. The van der Waals surface area contributed by atoms with Gasteiger partial charge in [-0.25, -0.2) is 0 Å². The monoisotopic (exact) mass is 441 g/mol. The van der Waals surface area contributed by atoms with E-state index in [0.29, 0.717) is 6.42 Å². The van der Waals surface area contributed by atoms with Crippen LogP contribution in [0.15, 0.2) is 48.5 Å². The summed E-state index contributed by atoms with van der Waals surface area (Å²) in [5.74, 6) is -0.979. The number of nitrogens with one attached hydrogen (secondary N) is 1. The Hall–Kier alpha value is -2.58. The molecular weight excluding hydrogens is 421 g/mol. The minimum atomic E-state index is -4.92. The number of carbonyl (C=O) groups is 2. The normalized spacial score (nSPS) is 12.3. The summed E-state index contributed by atoms with van der Waals surface area (Å²) in [4.78, 5) is 21.0. The maximum Gasteiger partial charge on any atom is 0.303 e. The predicted octanol–water partition coefficient (Wildman–Crippen LogP) is 1.11. The number of aryl methyl sites for hydroxylation is 1. The zero-order valence-corrected chi connectivity index (χ0v) is 16.3. The molecule has 0 saturated heterocycles. The number of aliphatic carboxylic acids is 1. The zero-order chi connectivity index (χ0) is 20.4. The third kappa shape index (κ3) is 8.10. The van der Waals surface area contributed by atoms with Crippen LogP contribution in [0.2, 0.25) is 0 Å². The molecule has 0 aliphatic carbocycles. The molecule has 5 N–H and O–H groups in total. The largest absolute Gasteiger partial charge is 0.508 e. The zero-order valence-electron chi connectivity index (χ0n) is 14.4. The first-order chi connectivity index (χ1) is 12.7. The molecule has 27 heavy (non-hydrogen) atoms. The van der Waals surface area contributed by atoms with Gasteiger partial charge in [-0.3, -0.25) is 4.79 Å². The first-order valence-electron chi connectivity index (χ1n) is 7.68. The van der Waals surface area contributed by atoms with Gasteiger partial charge in [-0.2, -0.15) is 0 Å². The van der Waals surface area contributed by atoms with Crippen LogP contribution >= 0.6 is 0 Å². The van der Waals surface area contributed by atoms with Crippen LogP contribution in [0, 0.1) is 0 Å². The van der Waals surface area contributed by atoms with Crippen molar-refractivity contribution >= 4 is 36.1 Å². The number of carboxylic acids is 1. The number of benzene rings is 2. The molecule has 0 fully saturated rings. The molecule has 146 valence electrons. The molecule has 2 aromatic rings. The third-order valence-electron chi connectivity index (χ3n) is 3.19. The first-order valence-corrected chi connectivity index (χ1v) is 11.0. The second kappa shape index (κ2) is 10.5. The number of hydrogen-bond donors (Lipinski definition) is 5. The van der Waals surface area contributed by atoms with E-state index >= 15 is 0 Å². The molecule has 0 aliphatic rings. The van der Waals surface area contributed by atoms with Crippen LogP contribution in [0.4, 0.5) is 5.69 Å². The maximum absolute atomic E-state index is 11.4. The number of amides is 1. The average Bonchev–Trinajstić information content (AvgIpc) is 2.61. The van der Waals surface area contributed by atoms with Crippen LogP contribution in [-0.2, 0) is 23.6 Å². The fraction of sp³-hybridized carbons (Fsp3) is 0.176. The fourth-order valence-electron chi connectivity index (χ4n) is 1.97. The molecular formula is C17H20AsNO8. The minimum Gasteiger partial charge on any atom is -0.508 e. The molecule has 1 unspecified atom stereocenters. The summed E-state index contributed by atoms with van der Waals surface area (Å²) in [5.41, 5.74) is 1.08. The van der Waals surface area contributed by atoms with Gasteiger partial charge in [0.05, 0.1) is 0 Å². The summed E-state index contributed by atoms with van der Waals surface area (Å²) < 4.78 is 24.1. The number of phenolic OH excluding ortho intramolecular Hbond substituents is 1. The van der Waals surface area contributed by atoms with E-state index in [1.165, 1.54) is 25.1 Å². The van der Waals surface area contributed by atoms with E-state index in [2.05, 4.69) is 9.19 Å². The molecule has 0 heterocycles. The summed E-state index contributed by atoms with van der Waals surface area (Å²) in [6.07, 6.45) is 0.639. The summed E-state index contributed by atoms with van der Waals surface area (Å²) in [6.45, 7) is 1.27. The number of para-hydroxylation sites is 1. The van der Waals surface area contributed by atoms with E-state index in [9.17, 15) is 17.4 Å². The van der Waals surface area contributed by atoms with Crippen molar-refractivity contribution in [1.82, 2.24) is 0 Å². The maximum atomic E-state index is 11.4. The Morgan fingerprint density at radius 1 is 1.11 bits per heavy atom. The quantitative estimate of drug-likeness (QED) is 0.254. The molecule has 9 nitrogen and oxygen atoms in total. The minimum absolute atomic E-state index is 0.103. The van der Waals surface area contributed by atoms with Crippen LogP contribution in [0.25, 0.3) is 0 Å². The molecule has 0 aliphatic heterocycles. The van der Waals surface area contributed by atoms with Crippen molar-refractivity contribution in [2.24, 2.45) is 0 Å². The van der Waals surface area contributed by atoms with Gasteiger partial charge in [0, 0.05) is 6.42 Å². The Morgan fingerprint density at radius 3 is 2.22 bits per heavy atom. The average molecular weight is 441 g/mol. The van der Waals surface area contributed by atoms with Gasteiger partial charge in [0.25, 0.3) is 0 Å². The SMILES string of the molecule is CC(=O)Nc1ccccc1[As](=O)(O)OO.O=C(O)CCc1ccc(O)cc1. The van der Waals surface area contributed by atoms with Crippen molar-refractivity contribution in [3.63, 3.8) is 0 Å². The van der Waals surface area contributed by atoms with E-state index in [0.717, 1.165) is 5.56 Å². The van der Waals surface area contributed by atoms with E-state index in [4.69, 9.17) is 15.5 Å². The van der Waals surface area contributed by atoms with Crippen LogP contribution in [0.1, 0.15) is 18.9 Å². The summed E-state index contributed by atoms with van der Waals surface area (Å²) in [5, 5.41) is 28.0. The number of rotatable bonds is 6. The van der Waals surface area contributed by atoms with Gasteiger partial charge in [0.1, 0.15) is 5.75 Å². The summed E-state index contributed by atoms with van der Waals surface area (Å²) in [6, 6.07) is 12.4. The van der Waals surface area contributed by atoms with Crippen LogP contribution < -0.4 is 9.67 Å². The van der Waals surface area contributed by atoms with Gasteiger partial charge in [-0.05, 0) is 24.1 Å². The first kappa shape index (κ1) is 22.5. The van der Waals surface area contributed by atoms with Crippen LogP contribution in [0.3, 0.4) is 0 Å². The summed E-state index contributed by atoms with van der Waals surface area (Å²) >= 11 is -4.92. The van der Waals surface area contributed by atoms with Crippen LogP contribution in [0.5, 0.6) is 5.75 Å². The Morgan fingerprint density at radius 2 is 1.70 bits per heavy atom. The van der Waals surface area contributed by atoms with Gasteiger partial charge < -0.3 is 10.2 Å². The Labute approximate surface area is 158 Å². The van der Waals surface area contributed by atoms with E-state index in [1.807, 2.05) is 0 Å². The molecule has 0 bridgehead atoms. The molecule has 0 saturated carbocycles. The molecule has 10 heteroatoms. The third-order valence-corrected chi connectivity index (χ3v) is 5.75. The van der Waals surface area contributed by atoms with Crippen molar-refractivity contribution in [2.75, 3.05) is 5.32 Å². The number of aromatic hydroxyl groups is 1. The van der Waals surface area contributed by atoms with Gasteiger partial charge in [0.2, 0.25) is 0 Å². The number of phenols is 1. The summed E-state index contributed by atoms with van der Waals surface area (Å²) in [7, 11) is 0. The molecule has 2 rings (SSSR count). The predicted molar refractivity (Wildman–Crippen MR) is 96.8 cm³/mol. The smallest absolute Gasteiger partial charge is 0.303 e. The van der Waals surface area contributed by atoms with E-state index in [1.54, 1.807) is 30.3 Å². The second-order valence-electron chi connectivity index (χ2n) is 5.36. The second-order valence-corrected chi connectivity index (χ2v) is 8.90. The number of hydrogen-bond acceptors (Lipinski definition) is 6. The van der Waals surface area contributed by atoms with Crippen LogP contribution in [-0.4, -0.2) is 45.6 Å². The van der Waals surface area contributed by atoms with Crippen molar-refractivity contribution < 1.29 is 36.8 Å². The Bertz CT molecular complexity index is 822.